The molecule has 3 rings (SSSR count). The number of aryl methyl sites for hydroxylation is 1. The summed E-state index contributed by atoms with van der Waals surface area (Å²) in [7, 11) is 1.94. The summed E-state index contributed by atoms with van der Waals surface area (Å²) >= 11 is 5.93. The SMILES string of the molecule is CNc1nc(Cc2ccc(Cl)cc2)nc2c1CCCCC2. The van der Waals surface area contributed by atoms with E-state index in [1.54, 1.807) is 0 Å². The van der Waals surface area contributed by atoms with Crippen LogP contribution in [-0.4, -0.2) is 17.0 Å². The zero-order valence-corrected chi connectivity index (χ0v) is 13.1. The number of fused-ring (bicyclic) bond motifs is 1. The molecular weight excluding hydrogens is 282 g/mol. The summed E-state index contributed by atoms with van der Waals surface area (Å²) in [5, 5.41) is 4.01. The minimum atomic E-state index is 0.749. The normalized spacial score (nSPS) is 14.4. The predicted octanol–water partition coefficient (Wildman–Crippen LogP) is 4.03. The van der Waals surface area contributed by atoms with E-state index in [0.717, 1.165) is 35.9 Å². The average Bonchev–Trinajstić information content (AvgIpc) is 2.74. The number of hydrogen-bond acceptors (Lipinski definition) is 3. The molecule has 21 heavy (non-hydrogen) atoms. The first-order valence-corrected chi connectivity index (χ1v) is 7.95. The third-order valence-corrected chi connectivity index (χ3v) is 4.24. The van der Waals surface area contributed by atoms with Crippen LogP contribution in [0.3, 0.4) is 0 Å². The van der Waals surface area contributed by atoms with Crippen LogP contribution >= 0.6 is 11.6 Å². The summed E-state index contributed by atoms with van der Waals surface area (Å²) < 4.78 is 0. The highest BCUT2D eigenvalue weighted by atomic mass is 35.5. The highest BCUT2D eigenvalue weighted by Crippen LogP contribution is 2.25. The van der Waals surface area contributed by atoms with Gasteiger partial charge in [0.1, 0.15) is 11.6 Å². The monoisotopic (exact) mass is 301 g/mol. The van der Waals surface area contributed by atoms with E-state index in [2.05, 4.69) is 5.32 Å². The molecule has 0 saturated heterocycles. The van der Waals surface area contributed by atoms with Gasteiger partial charge in [-0.3, -0.25) is 0 Å². The lowest BCUT2D eigenvalue weighted by Gasteiger charge is -2.13. The Bertz CT molecular complexity index is 623. The maximum absolute atomic E-state index is 5.93. The molecule has 1 aromatic heterocycles. The molecule has 0 bridgehead atoms. The van der Waals surface area contributed by atoms with Crippen LogP contribution in [0.25, 0.3) is 0 Å². The smallest absolute Gasteiger partial charge is 0.135 e. The van der Waals surface area contributed by atoms with Crippen molar-refractivity contribution in [3.63, 3.8) is 0 Å². The Balaban J connectivity index is 1.92. The molecule has 2 aromatic rings. The lowest BCUT2D eigenvalue weighted by Crippen LogP contribution is -2.09. The summed E-state index contributed by atoms with van der Waals surface area (Å²) in [6.07, 6.45) is 6.66. The molecular formula is C17H20ClN3. The van der Waals surface area contributed by atoms with Crippen molar-refractivity contribution in [3.8, 4) is 0 Å². The molecule has 4 heteroatoms. The van der Waals surface area contributed by atoms with Crippen LogP contribution in [0.2, 0.25) is 5.02 Å². The number of hydrogen-bond donors (Lipinski definition) is 1. The predicted molar refractivity (Wildman–Crippen MR) is 87.1 cm³/mol. The Morgan fingerprint density at radius 2 is 1.81 bits per heavy atom. The van der Waals surface area contributed by atoms with Crippen LogP contribution in [0.15, 0.2) is 24.3 Å². The molecule has 0 spiro atoms. The first kappa shape index (κ1) is 14.3. The van der Waals surface area contributed by atoms with Crippen molar-refractivity contribution in [1.29, 1.82) is 0 Å². The van der Waals surface area contributed by atoms with Gasteiger partial charge in [-0.25, -0.2) is 9.97 Å². The van der Waals surface area contributed by atoms with Crippen LogP contribution in [-0.2, 0) is 19.3 Å². The molecule has 1 N–H and O–H groups in total. The van der Waals surface area contributed by atoms with Crippen molar-refractivity contribution < 1.29 is 0 Å². The van der Waals surface area contributed by atoms with Crippen LogP contribution in [0.4, 0.5) is 5.82 Å². The van der Waals surface area contributed by atoms with Gasteiger partial charge in [-0.15, -0.1) is 0 Å². The van der Waals surface area contributed by atoms with Gasteiger partial charge in [0.2, 0.25) is 0 Å². The van der Waals surface area contributed by atoms with Gasteiger partial charge in [-0.2, -0.15) is 0 Å². The van der Waals surface area contributed by atoms with E-state index in [9.17, 15) is 0 Å². The second-order valence-corrected chi connectivity index (χ2v) is 5.96. The summed E-state index contributed by atoms with van der Waals surface area (Å²) in [5.41, 5.74) is 3.74. The van der Waals surface area contributed by atoms with Gasteiger partial charge < -0.3 is 5.32 Å². The second-order valence-electron chi connectivity index (χ2n) is 5.53. The third kappa shape index (κ3) is 3.35. The van der Waals surface area contributed by atoms with Crippen LogP contribution in [0, 0.1) is 0 Å². The fourth-order valence-electron chi connectivity index (χ4n) is 2.89. The van der Waals surface area contributed by atoms with E-state index < -0.39 is 0 Å². The molecule has 0 radical (unpaired) electrons. The van der Waals surface area contributed by atoms with Gasteiger partial charge in [0.15, 0.2) is 0 Å². The zero-order valence-electron chi connectivity index (χ0n) is 12.3. The lowest BCUT2D eigenvalue weighted by molar-refractivity contribution is 0.708. The Morgan fingerprint density at radius 1 is 1.05 bits per heavy atom. The first-order valence-electron chi connectivity index (χ1n) is 7.57. The van der Waals surface area contributed by atoms with Crippen LogP contribution in [0.1, 0.15) is 41.9 Å². The Morgan fingerprint density at radius 3 is 2.57 bits per heavy atom. The summed E-state index contributed by atoms with van der Waals surface area (Å²) in [4.78, 5) is 9.52. The van der Waals surface area contributed by atoms with Crippen molar-refractivity contribution in [1.82, 2.24) is 9.97 Å². The van der Waals surface area contributed by atoms with Gasteiger partial charge in [0, 0.05) is 29.7 Å². The second kappa shape index (κ2) is 6.44. The maximum atomic E-state index is 5.93. The number of benzene rings is 1. The van der Waals surface area contributed by atoms with E-state index in [1.807, 2.05) is 31.3 Å². The average molecular weight is 302 g/mol. The van der Waals surface area contributed by atoms with Gasteiger partial charge in [-0.1, -0.05) is 30.2 Å². The van der Waals surface area contributed by atoms with Crippen LogP contribution in [0.5, 0.6) is 0 Å². The Hall–Kier alpha value is -1.61. The quantitative estimate of drug-likeness (QED) is 0.870. The van der Waals surface area contributed by atoms with Gasteiger partial charge in [0.25, 0.3) is 0 Å². The molecule has 3 nitrogen and oxygen atoms in total. The molecule has 0 unspecified atom stereocenters. The number of nitrogens with one attached hydrogen (secondary N) is 1. The maximum Gasteiger partial charge on any atom is 0.135 e. The molecule has 0 atom stereocenters. The van der Waals surface area contributed by atoms with Gasteiger partial charge in [0.05, 0.1) is 0 Å². The minimum absolute atomic E-state index is 0.749. The highest BCUT2D eigenvalue weighted by Gasteiger charge is 2.16. The minimum Gasteiger partial charge on any atom is -0.373 e. The first-order chi connectivity index (χ1) is 10.3. The summed E-state index contributed by atoms with van der Waals surface area (Å²) in [5.74, 6) is 1.90. The van der Waals surface area contributed by atoms with Gasteiger partial charge >= 0.3 is 0 Å². The van der Waals surface area contributed by atoms with Crippen molar-refractivity contribution in [2.75, 3.05) is 12.4 Å². The largest absolute Gasteiger partial charge is 0.373 e. The van der Waals surface area contributed by atoms with E-state index in [0.29, 0.717) is 0 Å². The number of aromatic nitrogens is 2. The Kier molecular flexibility index (Phi) is 4.39. The standard InChI is InChI=1S/C17H20ClN3/c1-19-17-14-5-3-2-4-6-15(14)20-16(21-17)11-12-7-9-13(18)10-8-12/h7-10H,2-6,11H2,1H3,(H,19,20,21). The molecule has 0 amide bonds. The molecule has 0 saturated carbocycles. The van der Waals surface area contributed by atoms with E-state index >= 15 is 0 Å². The number of halogens is 1. The summed E-state index contributed by atoms with van der Waals surface area (Å²) in [6, 6.07) is 7.91. The number of rotatable bonds is 3. The van der Waals surface area contributed by atoms with E-state index in [4.69, 9.17) is 21.6 Å². The molecule has 1 aromatic carbocycles. The molecule has 0 fully saturated rings. The molecule has 110 valence electrons. The highest BCUT2D eigenvalue weighted by molar-refractivity contribution is 6.30. The third-order valence-electron chi connectivity index (χ3n) is 3.99. The fourth-order valence-corrected chi connectivity index (χ4v) is 3.02. The molecule has 0 aliphatic heterocycles. The lowest BCUT2D eigenvalue weighted by atomic mass is 10.1. The van der Waals surface area contributed by atoms with Crippen molar-refractivity contribution in [3.05, 3.63) is 51.9 Å². The Labute approximate surface area is 130 Å². The summed E-state index contributed by atoms with van der Waals surface area (Å²) in [6.45, 7) is 0. The van der Waals surface area contributed by atoms with Crippen LogP contribution < -0.4 is 5.32 Å². The van der Waals surface area contributed by atoms with E-state index in [1.165, 1.54) is 36.1 Å². The van der Waals surface area contributed by atoms with Crippen molar-refractivity contribution in [2.24, 2.45) is 0 Å². The fraction of sp³-hybridized carbons (Fsp3) is 0.412. The molecule has 1 heterocycles. The molecule has 1 aliphatic rings. The zero-order chi connectivity index (χ0) is 14.7. The van der Waals surface area contributed by atoms with Crippen molar-refractivity contribution in [2.45, 2.75) is 38.5 Å². The number of anilines is 1. The molecule has 1 aliphatic carbocycles. The van der Waals surface area contributed by atoms with Gasteiger partial charge in [-0.05, 0) is 43.4 Å². The van der Waals surface area contributed by atoms with E-state index in [-0.39, 0.29) is 0 Å². The van der Waals surface area contributed by atoms with Crippen molar-refractivity contribution >= 4 is 17.4 Å². The topological polar surface area (TPSA) is 37.8 Å². The number of nitrogens with zero attached hydrogens (tertiary/aromatic N) is 2.